The molecule has 0 atom stereocenters. The lowest BCUT2D eigenvalue weighted by Gasteiger charge is -2.11. The number of hydrogen-bond donors (Lipinski definition) is 1. The van der Waals surface area contributed by atoms with Crippen molar-refractivity contribution in [2.75, 3.05) is 14.2 Å². The standard InChI is InChI=1S/C21H26N2O4/c1-14(2)27-19-9-6-16(7-10-19)21(24)23-22-15(3)17-8-11-20(26-5)18(12-17)13-25-4/h6-12,14H,13H2,1-5H3,(H,23,24)/b22-15-. The summed E-state index contributed by atoms with van der Waals surface area (Å²) in [4.78, 5) is 12.3. The van der Waals surface area contributed by atoms with Crippen LogP contribution >= 0.6 is 0 Å². The Morgan fingerprint density at radius 1 is 1.07 bits per heavy atom. The van der Waals surface area contributed by atoms with Gasteiger partial charge in [0.05, 0.1) is 25.5 Å². The van der Waals surface area contributed by atoms with E-state index in [2.05, 4.69) is 10.5 Å². The highest BCUT2D eigenvalue weighted by Crippen LogP contribution is 2.21. The Balaban J connectivity index is 2.08. The Labute approximate surface area is 160 Å². The number of nitrogens with zero attached hydrogens (tertiary/aromatic N) is 1. The molecule has 2 aromatic carbocycles. The van der Waals surface area contributed by atoms with Gasteiger partial charge < -0.3 is 14.2 Å². The molecule has 1 amide bonds. The Kier molecular flexibility index (Phi) is 7.37. The number of carbonyl (C=O) groups is 1. The third kappa shape index (κ3) is 5.82. The molecule has 0 aliphatic carbocycles. The molecule has 0 aliphatic heterocycles. The molecule has 0 saturated heterocycles. The molecule has 2 aromatic rings. The normalized spacial score (nSPS) is 11.4. The summed E-state index contributed by atoms with van der Waals surface area (Å²) in [5.41, 5.74) is 5.57. The monoisotopic (exact) mass is 370 g/mol. The average molecular weight is 370 g/mol. The van der Waals surface area contributed by atoms with E-state index >= 15 is 0 Å². The van der Waals surface area contributed by atoms with Crippen molar-refractivity contribution in [2.24, 2.45) is 5.10 Å². The van der Waals surface area contributed by atoms with E-state index in [1.165, 1.54) is 0 Å². The number of methoxy groups -OCH3 is 2. The summed E-state index contributed by atoms with van der Waals surface area (Å²) in [5.74, 6) is 1.20. The summed E-state index contributed by atoms with van der Waals surface area (Å²) in [7, 11) is 3.25. The van der Waals surface area contributed by atoms with Crippen molar-refractivity contribution >= 4 is 11.6 Å². The number of ether oxygens (including phenoxy) is 3. The second-order valence-electron chi connectivity index (χ2n) is 6.29. The predicted octanol–water partition coefficient (Wildman–Crippen LogP) is 3.78. The number of carbonyl (C=O) groups excluding carboxylic acids is 1. The fourth-order valence-corrected chi connectivity index (χ4v) is 2.49. The van der Waals surface area contributed by atoms with Crippen molar-refractivity contribution in [3.8, 4) is 11.5 Å². The van der Waals surface area contributed by atoms with Crippen LogP contribution in [0.3, 0.4) is 0 Å². The zero-order valence-corrected chi connectivity index (χ0v) is 16.4. The first-order valence-corrected chi connectivity index (χ1v) is 8.72. The van der Waals surface area contributed by atoms with Gasteiger partial charge in [0.15, 0.2) is 0 Å². The number of rotatable bonds is 8. The molecule has 0 aliphatic rings. The van der Waals surface area contributed by atoms with Gasteiger partial charge in [0.2, 0.25) is 0 Å². The molecule has 0 fully saturated rings. The molecule has 27 heavy (non-hydrogen) atoms. The first kappa shape index (κ1) is 20.5. The summed E-state index contributed by atoms with van der Waals surface area (Å²) < 4.78 is 16.1. The first-order chi connectivity index (χ1) is 12.9. The van der Waals surface area contributed by atoms with Gasteiger partial charge in [-0.25, -0.2) is 5.43 Å². The van der Waals surface area contributed by atoms with E-state index < -0.39 is 0 Å². The molecule has 6 heteroatoms. The van der Waals surface area contributed by atoms with E-state index in [1.54, 1.807) is 38.5 Å². The Bertz CT molecular complexity index is 798. The van der Waals surface area contributed by atoms with Gasteiger partial charge in [0, 0.05) is 18.2 Å². The minimum Gasteiger partial charge on any atom is -0.496 e. The van der Waals surface area contributed by atoms with Gasteiger partial charge in [0.1, 0.15) is 11.5 Å². The van der Waals surface area contributed by atoms with Crippen LogP contribution in [0, 0.1) is 0 Å². The fraction of sp³-hybridized carbons (Fsp3) is 0.333. The summed E-state index contributed by atoms with van der Waals surface area (Å²) in [6.45, 7) is 6.17. The van der Waals surface area contributed by atoms with Gasteiger partial charge >= 0.3 is 0 Å². The van der Waals surface area contributed by atoms with Crippen LogP contribution in [-0.4, -0.2) is 31.9 Å². The van der Waals surface area contributed by atoms with Gasteiger partial charge in [-0.05, 0) is 68.8 Å². The van der Waals surface area contributed by atoms with E-state index in [0.717, 1.165) is 22.6 Å². The van der Waals surface area contributed by atoms with Crippen LogP contribution in [-0.2, 0) is 11.3 Å². The maximum Gasteiger partial charge on any atom is 0.271 e. The second-order valence-corrected chi connectivity index (χ2v) is 6.29. The molecule has 0 radical (unpaired) electrons. The maximum absolute atomic E-state index is 12.3. The number of hydrogen-bond acceptors (Lipinski definition) is 5. The summed E-state index contributed by atoms with van der Waals surface area (Å²) in [5, 5.41) is 4.20. The van der Waals surface area contributed by atoms with Gasteiger partial charge in [-0.3, -0.25) is 4.79 Å². The Hall–Kier alpha value is -2.86. The third-order valence-electron chi connectivity index (χ3n) is 3.81. The van der Waals surface area contributed by atoms with Crippen LogP contribution in [0.2, 0.25) is 0 Å². The van der Waals surface area contributed by atoms with Crippen molar-refractivity contribution < 1.29 is 19.0 Å². The highest BCUT2D eigenvalue weighted by Gasteiger charge is 2.08. The summed E-state index contributed by atoms with van der Waals surface area (Å²) in [6, 6.07) is 12.6. The highest BCUT2D eigenvalue weighted by molar-refractivity contribution is 6.01. The quantitative estimate of drug-likeness (QED) is 0.567. The van der Waals surface area contributed by atoms with E-state index in [1.807, 2.05) is 39.0 Å². The molecule has 144 valence electrons. The molecule has 0 saturated carbocycles. The molecule has 0 spiro atoms. The van der Waals surface area contributed by atoms with E-state index in [-0.39, 0.29) is 12.0 Å². The largest absolute Gasteiger partial charge is 0.496 e. The van der Waals surface area contributed by atoms with Gasteiger partial charge in [-0.1, -0.05) is 0 Å². The van der Waals surface area contributed by atoms with Crippen LogP contribution in [0.5, 0.6) is 11.5 Å². The Morgan fingerprint density at radius 3 is 2.33 bits per heavy atom. The average Bonchev–Trinajstić information content (AvgIpc) is 2.66. The van der Waals surface area contributed by atoms with Crippen molar-refractivity contribution in [1.82, 2.24) is 5.43 Å². The topological polar surface area (TPSA) is 69.2 Å². The summed E-state index contributed by atoms with van der Waals surface area (Å²) in [6.07, 6.45) is 0.0874. The van der Waals surface area contributed by atoms with Gasteiger partial charge in [0.25, 0.3) is 5.91 Å². The van der Waals surface area contributed by atoms with Crippen LogP contribution in [0.25, 0.3) is 0 Å². The van der Waals surface area contributed by atoms with Gasteiger partial charge in [-0.15, -0.1) is 0 Å². The van der Waals surface area contributed by atoms with Crippen molar-refractivity contribution in [2.45, 2.75) is 33.5 Å². The molecular formula is C21H26N2O4. The number of nitrogens with one attached hydrogen (secondary N) is 1. The van der Waals surface area contributed by atoms with Crippen LogP contribution in [0.1, 0.15) is 42.3 Å². The van der Waals surface area contributed by atoms with E-state index in [9.17, 15) is 4.79 Å². The first-order valence-electron chi connectivity index (χ1n) is 8.72. The smallest absolute Gasteiger partial charge is 0.271 e. The minimum absolute atomic E-state index is 0.0874. The highest BCUT2D eigenvalue weighted by atomic mass is 16.5. The van der Waals surface area contributed by atoms with E-state index in [4.69, 9.17) is 14.2 Å². The molecule has 1 N–H and O–H groups in total. The van der Waals surface area contributed by atoms with Crippen LogP contribution in [0.4, 0.5) is 0 Å². The lowest BCUT2D eigenvalue weighted by molar-refractivity contribution is 0.0955. The number of amides is 1. The van der Waals surface area contributed by atoms with Crippen molar-refractivity contribution in [3.05, 3.63) is 59.2 Å². The molecule has 6 nitrogen and oxygen atoms in total. The molecule has 0 unspecified atom stereocenters. The SMILES string of the molecule is COCc1cc(/C(C)=N\NC(=O)c2ccc(OC(C)C)cc2)ccc1OC. The van der Waals surface area contributed by atoms with Gasteiger partial charge in [-0.2, -0.15) is 5.10 Å². The maximum atomic E-state index is 12.3. The lowest BCUT2D eigenvalue weighted by atomic mass is 10.1. The molecule has 0 bridgehead atoms. The minimum atomic E-state index is -0.281. The molecule has 2 rings (SSSR count). The third-order valence-corrected chi connectivity index (χ3v) is 3.81. The number of hydrazone groups is 1. The Morgan fingerprint density at radius 2 is 1.74 bits per heavy atom. The fourth-order valence-electron chi connectivity index (χ4n) is 2.49. The molecular weight excluding hydrogens is 344 g/mol. The predicted molar refractivity (Wildman–Crippen MR) is 106 cm³/mol. The van der Waals surface area contributed by atoms with Crippen LogP contribution in [0.15, 0.2) is 47.6 Å². The van der Waals surface area contributed by atoms with Crippen LogP contribution < -0.4 is 14.9 Å². The lowest BCUT2D eigenvalue weighted by Crippen LogP contribution is -2.19. The zero-order valence-electron chi connectivity index (χ0n) is 16.4. The molecule has 0 aromatic heterocycles. The zero-order chi connectivity index (χ0) is 19.8. The van der Waals surface area contributed by atoms with Crippen molar-refractivity contribution in [3.63, 3.8) is 0 Å². The van der Waals surface area contributed by atoms with Crippen molar-refractivity contribution in [1.29, 1.82) is 0 Å². The van der Waals surface area contributed by atoms with E-state index in [0.29, 0.717) is 17.9 Å². The second kappa shape index (κ2) is 9.73. The summed E-state index contributed by atoms with van der Waals surface area (Å²) >= 11 is 0. The molecule has 0 heterocycles. The number of benzene rings is 2.